The van der Waals surface area contributed by atoms with Gasteiger partial charge in [-0.05, 0) is 25.8 Å². The van der Waals surface area contributed by atoms with Crippen LogP contribution in [0.15, 0.2) is 0 Å². The van der Waals surface area contributed by atoms with Crippen molar-refractivity contribution in [2.24, 2.45) is 5.73 Å². The lowest BCUT2D eigenvalue weighted by atomic mass is 10.1. The SMILES string of the molecule is NCCN1C[CH]CCC1. The van der Waals surface area contributed by atoms with Gasteiger partial charge in [-0.3, -0.25) is 0 Å². The smallest absolute Gasteiger partial charge is 0.0105 e. The molecule has 53 valence electrons. The Labute approximate surface area is 57.0 Å². The maximum absolute atomic E-state index is 5.40. The standard InChI is InChI=1S/C7H15N2/c8-4-7-9-5-2-1-3-6-9/h2H,1,3-8H2. The number of nitrogens with two attached hydrogens (primary N) is 1. The average molecular weight is 127 g/mol. The van der Waals surface area contributed by atoms with E-state index in [1.807, 2.05) is 0 Å². The Morgan fingerprint density at radius 2 is 2.44 bits per heavy atom. The highest BCUT2D eigenvalue weighted by Gasteiger charge is 2.07. The topological polar surface area (TPSA) is 29.3 Å². The van der Waals surface area contributed by atoms with Gasteiger partial charge < -0.3 is 10.6 Å². The summed E-state index contributed by atoms with van der Waals surface area (Å²) in [6.07, 6.45) is 4.94. The van der Waals surface area contributed by atoms with E-state index in [1.54, 1.807) is 0 Å². The fraction of sp³-hybridized carbons (Fsp3) is 0.857. The van der Waals surface area contributed by atoms with E-state index in [9.17, 15) is 0 Å². The first-order chi connectivity index (χ1) is 4.43. The molecule has 1 aliphatic heterocycles. The van der Waals surface area contributed by atoms with Crippen molar-refractivity contribution < 1.29 is 0 Å². The minimum Gasteiger partial charge on any atom is -0.329 e. The number of hydrogen-bond donors (Lipinski definition) is 1. The van der Waals surface area contributed by atoms with Crippen molar-refractivity contribution in [3.8, 4) is 0 Å². The fourth-order valence-corrected chi connectivity index (χ4v) is 1.21. The first-order valence-electron chi connectivity index (χ1n) is 3.67. The van der Waals surface area contributed by atoms with Crippen LogP contribution in [-0.2, 0) is 0 Å². The molecule has 1 radical (unpaired) electrons. The summed E-state index contributed by atoms with van der Waals surface area (Å²) >= 11 is 0. The van der Waals surface area contributed by atoms with Gasteiger partial charge in [-0.1, -0.05) is 0 Å². The normalized spacial score (nSPS) is 22.3. The molecule has 0 bridgehead atoms. The van der Waals surface area contributed by atoms with E-state index in [1.165, 1.54) is 19.4 Å². The summed E-state index contributed by atoms with van der Waals surface area (Å²) in [5, 5.41) is 0. The lowest BCUT2D eigenvalue weighted by Gasteiger charge is -2.25. The first-order valence-corrected chi connectivity index (χ1v) is 3.67. The van der Waals surface area contributed by atoms with Crippen LogP contribution >= 0.6 is 0 Å². The maximum atomic E-state index is 5.40. The predicted molar refractivity (Wildman–Crippen MR) is 39.0 cm³/mol. The van der Waals surface area contributed by atoms with Gasteiger partial charge in [0.2, 0.25) is 0 Å². The molecule has 2 nitrogen and oxygen atoms in total. The molecule has 0 atom stereocenters. The Morgan fingerprint density at radius 1 is 1.56 bits per heavy atom. The van der Waals surface area contributed by atoms with Crippen molar-refractivity contribution in [1.29, 1.82) is 0 Å². The average Bonchev–Trinajstić information content (AvgIpc) is 1.91. The van der Waals surface area contributed by atoms with E-state index >= 15 is 0 Å². The lowest BCUT2D eigenvalue weighted by molar-refractivity contribution is 0.270. The van der Waals surface area contributed by atoms with Gasteiger partial charge in [0.25, 0.3) is 0 Å². The molecule has 0 aromatic carbocycles. The van der Waals surface area contributed by atoms with Crippen molar-refractivity contribution in [2.75, 3.05) is 26.2 Å². The van der Waals surface area contributed by atoms with Gasteiger partial charge in [0.05, 0.1) is 0 Å². The molecule has 2 heteroatoms. The van der Waals surface area contributed by atoms with E-state index in [0.29, 0.717) is 0 Å². The maximum Gasteiger partial charge on any atom is 0.0105 e. The monoisotopic (exact) mass is 127 g/mol. The molecule has 1 heterocycles. The second kappa shape index (κ2) is 3.85. The molecule has 1 saturated heterocycles. The number of hydrogen-bond acceptors (Lipinski definition) is 2. The van der Waals surface area contributed by atoms with Crippen molar-refractivity contribution >= 4 is 0 Å². The number of nitrogens with zero attached hydrogens (tertiary/aromatic N) is 1. The summed E-state index contributed by atoms with van der Waals surface area (Å²) in [4.78, 5) is 2.39. The minimum absolute atomic E-state index is 0.799. The molecule has 0 aromatic rings. The molecule has 0 aliphatic carbocycles. The molecule has 2 N–H and O–H groups in total. The van der Waals surface area contributed by atoms with Crippen LogP contribution in [0.3, 0.4) is 0 Å². The van der Waals surface area contributed by atoms with E-state index in [-0.39, 0.29) is 0 Å². The number of rotatable bonds is 2. The highest BCUT2D eigenvalue weighted by Crippen LogP contribution is 2.05. The Hall–Kier alpha value is -0.0800. The Bertz CT molecular complexity index is 64.6. The highest BCUT2D eigenvalue weighted by atomic mass is 15.1. The van der Waals surface area contributed by atoms with Crippen LogP contribution in [0, 0.1) is 6.42 Å². The zero-order valence-corrected chi connectivity index (χ0v) is 5.84. The Morgan fingerprint density at radius 3 is 3.00 bits per heavy atom. The summed E-state index contributed by atoms with van der Waals surface area (Å²) in [5.74, 6) is 0. The van der Waals surface area contributed by atoms with Crippen LogP contribution < -0.4 is 5.73 Å². The molecule has 0 amide bonds. The van der Waals surface area contributed by atoms with Crippen molar-refractivity contribution in [3.05, 3.63) is 6.42 Å². The molecule has 1 fully saturated rings. The Balaban J connectivity index is 2.08. The van der Waals surface area contributed by atoms with Crippen molar-refractivity contribution in [2.45, 2.75) is 12.8 Å². The van der Waals surface area contributed by atoms with Gasteiger partial charge in [-0.2, -0.15) is 0 Å². The lowest BCUT2D eigenvalue weighted by Crippen LogP contribution is -2.34. The fourth-order valence-electron chi connectivity index (χ4n) is 1.21. The van der Waals surface area contributed by atoms with E-state index in [0.717, 1.165) is 19.6 Å². The third-order valence-electron chi connectivity index (χ3n) is 1.72. The molecule has 1 aliphatic rings. The highest BCUT2D eigenvalue weighted by molar-refractivity contribution is 4.77. The molecule has 0 unspecified atom stereocenters. The van der Waals surface area contributed by atoms with Crippen molar-refractivity contribution in [3.63, 3.8) is 0 Å². The van der Waals surface area contributed by atoms with Gasteiger partial charge in [0, 0.05) is 19.6 Å². The molecule has 0 spiro atoms. The van der Waals surface area contributed by atoms with Crippen LogP contribution in [0.4, 0.5) is 0 Å². The summed E-state index contributed by atoms with van der Waals surface area (Å²) in [6.45, 7) is 4.26. The number of likely N-dealkylation sites (tertiary alicyclic amines) is 1. The second-order valence-electron chi connectivity index (χ2n) is 2.52. The van der Waals surface area contributed by atoms with Crippen LogP contribution in [0.2, 0.25) is 0 Å². The molecule has 9 heavy (non-hydrogen) atoms. The third kappa shape index (κ3) is 2.33. The van der Waals surface area contributed by atoms with Crippen molar-refractivity contribution in [1.82, 2.24) is 4.90 Å². The molecule has 1 rings (SSSR count). The van der Waals surface area contributed by atoms with Gasteiger partial charge in [-0.25, -0.2) is 0 Å². The zero-order valence-electron chi connectivity index (χ0n) is 5.84. The Kier molecular flexibility index (Phi) is 3.01. The molecular formula is C7H15N2. The predicted octanol–water partition coefficient (Wildman–Crippen LogP) is 0.245. The van der Waals surface area contributed by atoms with Crippen LogP contribution in [0.1, 0.15) is 12.8 Å². The summed E-state index contributed by atoms with van der Waals surface area (Å²) in [5.41, 5.74) is 5.40. The number of piperidine rings is 1. The summed E-state index contributed by atoms with van der Waals surface area (Å²) in [6, 6.07) is 0. The van der Waals surface area contributed by atoms with Gasteiger partial charge in [0.15, 0.2) is 0 Å². The van der Waals surface area contributed by atoms with Crippen LogP contribution in [0.5, 0.6) is 0 Å². The van der Waals surface area contributed by atoms with Gasteiger partial charge >= 0.3 is 0 Å². The minimum atomic E-state index is 0.799. The van der Waals surface area contributed by atoms with E-state index in [4.69, 9.17) is 5.73 Å². The first kappa shape index (κ1) is 7.03. The molecule has 0 aromatic heterocycles. The van der Waals surface area contributed by atoms with Crippen LogP contribution in [-0.4, -0.2) is 31.1 Å². The largest absolute Gasteiger partial charge is 0.329 e. The summed E-state index contributed by atoms with van der Waals surface area (Å²) in [7, 11) is 0. The van der Waals surface area contributed by atoms with Gasteiger partial charge in [-0.15, -0.1) is 0 Å². The molecule has 0 saturated carbocycles. The van der Waals surface area contributed by atoms with E-state index < -0.39 is 0 Å². The van der Waals surface area contributed by atoms with Gasteiger partial charge in [0.1, 0.15) is 0 Å². The quantitative estimate of drug-likeness (QED) is 0.576. The second-order valence-corrected chi connectivity index (χ2v) is 2.52. The zero-order chi connectivity index (χ0) is 6.53. The van der Waals surface area contributed by atoms with Crippen LogP contribution in [0.25, 0.3) is 0 Å². The third-order valence-corrected chi connectivity index (χ3v) is 1.72. The molecular weight excluding hydrogens is 112 g/mol. The summed E-state index contributed by atoms with van der Waals surface area (Å²) < 4.78 is 0. The van der Waals surface area contributed by atoms with E-state index in [2.05, 4.69) is 11.3 Å².